The van der Waals surface area contributed by atoms with E-state index in [0.29, 0.717) is 24.8 Å². The molecule has 144 valence electrons. The van der Waals surface area contributed by atoms with Gasteiger partial charge < -0.3 is 20.7 Å². The predicted octanol–water partition coefficient (Wildman–Crippen LogP) is 2.24. The second kappa shape index (κ2) is 9.57. The minimum Gasteiger partial charge on any atom is -0.494 e. The monoisotopic (exact) mass is 361 g/mol. The molecular formula is C20H31N3O3. The number of benzene rings is 1. The van der Waals surface area contributed by atoms with Gasteiger partial charge in [0.05, 0.1) is 19.1 Å². The Morgan fingerprint density at radius 3 is 2.77 bits per heavy atom. The molecule has 6 nitrogen and oxygen atoms in total. The minimum absolute atomic E-state index is 0.0420. The summed E-state index contributed by atoms with van der Waals surface area (Å²) in [4.78, 5) is 26.5. The molecule has 3 N–H and O–H groups in total. The number of ether oxygens (including phenoxy) is 1. The zero-order chi connectivity index (χ0) is 19.1. The van der Waals surface area contributed by atoms with Crippen molar-refractivity contribution in [2.75, 3.05) is 19.7 Å². The number of likely N-dealkylation sites (tertiary alicyclic amines) is 1. The van der Waals surface area contributed by atoms with Crippen molar-refractivity contribution in [2.45, 2.75) is 52.1 Å². The number of piperidine rings is 1. The van der Waals surface area contributed by atoms with Gasteiger partial charge in [0.1, 0.15) is 5.75 Å². The molecule has 0 bridgehead atoms. The lowest BCUT2D eigenvalue weighted by molar-refractivity contribution is -0.134. The van der Waals surface area contributed by atoms with E-state index in [1.54, 1.807) is 0 Å². The third-order valence-corrected chi connectivity index (χ3v) is 4.90. The van der Waals surface area contributed by atoms with E-state index in [2.05, 4.69) is 5.32 Å². The first-order valence-electron chi connectivity index (χ1n) is 9.44. The Balaban J connectivity index is 2.15. The van der Waals surface area contributed by atoms with Crippen LogP contribution in [0.25, 0.3) is 0 Å². The van der Waals surface area contributed by atoms with Gasteiger partial charge in [0.2, 0.25) is 11.8 Å². The van der Waals surface area contributed by atoms with Crippen molar-refractivity contribution in [1.29, 1.82) is 0 Å². The van der Waals surface area contributed by atoms with Gasteiger partial charge in [0, 0.05) is 31.6 Å². The van der Waals surface area contributed by atoms with Gasteiger partial charge in [0.15, 0.2) is 0 Å². The molecule has 26 heavy (non-hydrogen) atoms. The number of nitrogens with zero attached hydrogens (tertiary/aromatic N) is 1. The molecule has 0 aliphatic carbocycles. The molecule has 0 radical (unpaired) electrons. The van der Waals surface area contributed by atoms with E-state index in [0.717, 1.165) is 24.9 Å². The van der Waals surface area contributed by atoms with Crippen molar-refractivity contribution < 1.29 is 14.3 Å². The molecule has 2 amide bonds. The van der Waals surface area contributed by atoms with E-state index in [4.69, 9.17) is 10.5 Å². The Labute approximate surface area is 156 Å². The van der Waals surface area contributed by atoms with Gasteiger partial charge in [-0.25, -0.2) is 0 Å². The molecule has 1 aliphatic heterocycles. The molecule has 3 atom stereocenters. The van der Waals surface area contributed by atoms with Crippen LogP contribution in [0.2, 0.25) is 0 Å². The van der Waals surface area contributed by atoms with Crippen molar-refractivity contribution in [2.24, 2.45) is 11.7 Å². The largest absolute Gasteiger partial charge is 0.494 e. The molecule has 1 aromatic carbocycles. The van der Waals surface area contributed by atoms with Gasteiger partial charge >= 0.3 is 0 Å². The summed E-state index contributed by atoms with van der Waals surface area (Å²) < 4.78 is 5.68. The molecule has 0 saturated carbocycles. The normalized spacial score (nSPS) is 19.5. The first kappa shape index (κ1) is 20.2. The predicted molar refractivity (Wildman–Crippen MR) is 102 cm³/mol. The first-order chi connectivity index (χ1) is 12.4. The third kappa shape index (κ3) is 5.46. The Bertz CT molecular complexity index is 618. The molecule has 1 heterocycles. The van der Waals surface area contributed by atoms with Gasteiger partial charge in [-0.05, 0) is 38.7 Å². The van der Waals surface area contributed by atoms with Gasteiger partial charge in [-0.15, -0.1) is 0 Å². The number of carbonyl (C=O) groups excluding carboxylic acids is 2. The lowest BCUT2D eigenvalue weighted by Gasteiger charge is -2.35. The molecule has 1 aromatic rings. The standard InChI is InChI=1S/C20H31N3O3/c1-4-26-19-10-6-5-9-17(19)18(22-15(3)24)12-20(25)23-11-7-8-16(13-23)14(2)21/h5-6,9-10,14,16,18H,4,7-8,11-13,21H2,1-3H3,(H,22,24). The van der Waals surface area contributed by atoms with E-state index in [1.807, 2.05) is 43.0 Å². The summed E-state index contributed by atoms with van der Waals surface area (Å²) in [7, 11) is 0. The summed E-state index contributed by atoms with van der Waals surface area (Å²) in [6, 6.07) is 7.22. The number of hydrogen-bond donors (Lipinski definition) is 2. The fourth-order valence-corrected chi connectivity index (χ4v) is 3.51. The number of hydrogen-bond acceptors (Lipinski definition) is 4. The average Bonchev–Trinajstić information content (AvgIpc) is 2.61. The molecule has 3 unspecified atom stereocenters. The van der Waals surface area contributed by atoms with Gasteiger partial charge in [-0.3, -0.25) is 9.59 Å². The van der Waals surface area contributed by atoms with Crippen LogP contribution in [0.1, 0.15) is 51.6 Å². The SMILES string of the molecule is CCOc1ccccc1C(CC(=O)N1CCCC(C(C)N)C1)NC(C)=O. The third-order valence-electron chi connectivity index (χ3n) is 4.90. The summed E-state index contributed by atoms with van der Waals surface area (Å²) >= 11 is 0. The van der Waals surface area contributed by atoms with Gasteiger partial charge in [0.25, 0.3) is 0 Å². The fourth-order valence-electron chi connectivity index (χ4n) is 3.51. The number of nitrogens with one attached hydrogen (secondary N) is 1. The highest BCUT2D eigenvalue weighted by molar-refractivity contribution is 5.79. The van der Waals surface area contributed by atoms with Crippen LogP contribution < -0.4 is 15.8 Å². The number of para-hydroxylation sites is 1. The summed E-state index contributed by atoms with van der Waals surface area (Å²) in [6.45, 7) is 7.35. The van der Waals surface area contributed by atoms with Crippen LogP contribution in [0.3, 0.4) is 0 Å². The molecular weight excluding hydrogens is 330 g/mol. The van der Waals surface area contributed by atoms with Gasteiger partial charge in [-0.2, -0.15) is 0 Å². The van der Waals surface area contributed by atoms with Crippen LogP contribution in [0.4, 0.5) is 0 Å². The quantitative estimate of drug-likeness (QED) is 0.780. The first-order valence-corrected chi connectivity index (χ1v) is 9.44. The van der Waals surface area contributed by atoms with Crippen molar-refractivity contribution in [3.63, 3.8) is 0 Å². The molecule has 2 rings (SSSR count). The maximum absolute atomic E-state index is 12.9. The summed E-state index contributed by atoms with van der Waals surface area (Å²) in [6.07, 6.45) is 2.25. The Morgan fingerprint density at radius 1 is 1.38 bits per heavy atom. The number of carbonyl (C=O) groups is 2. The Kier molecular flexibility index (Phi) is 7.45. The zero-order valence-corrected chi connectivity index (χ0v) is 16.0. The molecule has 0 aromatic heterocycles. The molecule has 1 fully saturated rings. The number of amides is 2. The topological polar surface area (TPSA) is 84.7 Å². The Hall–Kier alpha value is -2.08. The number of nitrogens with two attached hydrogens (primary N) is 1. The molecule has 0 spiro atoms. The van der Waals surface area contributed by atoms with E-state index in [-0.39, 0.29) is 24.3 Å². The lowest BCUT2D eigenvalue weighted by atomic mass is 9.91. The van der Waals surface area contributed by atoms with Crippen LogP contribution >= 0.6 is 0 Å². The average molecular weight is 361 g/mol. The van der Waals surface area contributed by atoms with Crippen LogP contribution in [-0.2, 0) is 9.59 Å². The van der Waals surface area contributed by atoms with Crippen molar-refractivity contribution in [3.05, 3.63) is 29.8 Å². The highest BCUT2D eigenvalue weighted by Gasteiger charge is 2.28. The Morgan fingerprint density at radius 2 is 2.12 bits per heavy atom. The summed E-state index contributed by atoms with van der Waals surface area (Å²) in [5, 5.41) is 2.91. The smallest absolute Gasteiger partial charge is 0.225 e. The highest BCUT2D eigenvalue weighted by atomic mass is 16.5. The van der Waals surface area contributed by atoms with Crippen molar-refractivity contribution in [3.8, 4) is 5.75 Å². The summed E-state index contributed by atoms with van der Waals surface area (Å²) in [5.41, 5.74) is 6.86. The van der Waals surface area contributed by atoms with Gasteiger partial charge in [-0.1, -0.05) is 18.2 Å². The van der Waals surface area contributed by atoms with E-state index >= 15 is 0 Å². The fraction of sp³-hybridized carbons (Fsp3) is 0.600. The van der Waals surface area contributed by atoms with Crippen LogP contribution in [-0.4, -0.2) is 42.5 Å². The summed E-state index contributed by atoms with van der Waals surface area (Å²) in [5.74, 6) is 0.915. The lowest BCUT2D eigenvalue weighted by Crippen LogP contribution is -2.46. The van der Waals surface area contributed by atoms with Crippen LogP contribution in [0.15, 0.2) is 24.3 Å². The van der Waals surface area contributed by atoms with E-state index < -0.39 is 6.04 Å². The second-order valence-corrected chi connectivity index (χ2v) is 7.03. The van der Waals surface area contributed by atoms with Crippen LogP contribution in [0.5, 0.6) is 5.75 Å². The van der Waals surface area contributed by atoms with E-state index in [1.165, 1.54) is 6.92 Å². The van der Waals surface area contributed by atoms with Crippen molar-refractivity contribution in [1.82, 2.24) is 10.2 Å². The van der Waals surface area contributed by atoms with Crippen LogP contribution in [0, 0.1) is 5.92 Å². The molecule has 6 heteroatoms. The maximum atomic E-state index is 12.9. The van der Waals surface area contributed by atoms with E-state index in [9.17, 15) is 9.59 Å². The second-order valence-electron chi connectivity index (χ2n) is 7.03. The maximum Gasteiger partial charge on any atom is 0.225 e. The zero-order valence-electron chi connectivity index (χ0n) is 16.0. The molecule has 1 saturated heterocycles. The van der Waals surface area contributed by atoms with Crippen molar-refractivity contribution >= 4 is 11.8 Å². The minimum atomic E-state index is -0.404. The number of rotatable bonds is 7. The molecule has 1 aliphatic rings. The highest BCUT2D eigenvalue weighted by Crippen LogP contribution is 2.29.